The lowest BCUT2D eigenvalue weighted by atomic mass is 10.2. The summed E-state index contributed by atoms with van der Waals surface area (Å²) in [4.78, 5) is 24.9. The van der Waals surface area contributed by atoms with E-state index >= 15 is 0 Å². The number of methoxy groups -OCH3 is 2. The van der Waals surface area contributed by atoms with Crippen molar-refractivity contribution in [2.24, 2.45) is 5.10 Å². The molecule has 0 aliphatic heterocycles. The van der Waals surface area contributed by atoms with Crippen LogP contribution in [0.25, 0.3) is 0 Å². The number of nitrogens with zero attached hydrogens (tertiary/aromatic N) is 2. The zero-order valence-electron chi connectivity index (χ0n) is 23.8. The van der Waals surface area contributed by atoms with Crippen LogP contribution in [0.2, 0.25) is 5.02 Å². The zero-order valence-corrected chi connectivity index (χ0v) is 25.3. The molecule has 0 atom stereocenters. The van der Waals surface area contributed by atoms with E-state index in [0.29, 0.717) is 33.5 Å². The van der Waals surface area contributed by atoms with Gasteiger partial charge in [0.25, 0.3) is 21.8 Å². The van der Waals surface area contributed by atoms with Crippen molar-refractivity contribution < 1.29 is 32.2 Å². The van der Waals surface area contributed by atoms with Crippen molar-refractivity contribution >= 4 is 51.0 Å². The van der Waals surface area contributed by atoms with Gasteiger partial charge in [-0.25, -0.2) is 13.8 Å². The van der Waals surface area contributed by atoms with E-state index in [4.69, 9.17) is 25.8 Å². The lowest BCUT2D eigenvalue weighted by Gasteiger charge is -2.23. The van der Waals surface area contributed by atoms with Crippen LogP contribution in [-0.2, 0) is 19.6 Å². The summed E-state index contributed by atoms with van der Waals surface area (Å²) < 4.78 is 43.7. The number of anilines is 2. The Bertz CT molecular complexity index is 1700. The van der Waals surface area contributed by atoms with E-state index in [0.717, 1.165) is 4.31 Å². The van der Waals surface area contributed by atoms with Crippen molar-refractivity contribution in [2.75, 3.05) is 37.0 Å². The normalized spacial score (nSPS) is 11.1. The largest absolute Gasteiger partial charge is 0.497 e. The first-order chi connectivity index (χ1) is 21.2. The first-order valence-electron chi connectivity index (χ1n) is 13.1. The number of rotatable bonds is 13. The second kappa shape index (κ2) is 14.9. The second-order valence-corrected chi connectivity index (χ2v) is 11.4. The van der Waals surface area contributed by atoms with Gasteiger partial charge in [0.05, 0.1) is 31.0 Å². The summed E-state index contributed by atoms with van der Waals surface area (Å²) in [5, 5.41) is 7.09. The molecule has 0 radical (unpaired) electrons. The Balaban J connectivity index is 1.34. The molecule has 0 heterocycles. The molecule has 13 heteroatoms. The summed E-state index contributed by atoms with van der Waals surface area (Å²) in [7, 11) is -1.09. The molecule has 4 aromatic carbocycles. The van der Waals surface area contributed by atoms with Gasteiger partial charge >= 0.3 is 0 Å². The van der Waals surface area contributed by atoms with Crippen LogP contribution < -0.4 is 29.3 Å². The van der Waals surface area contributed by atoms with Gasteiger partial charge in [0.1, 0.15) is 23.8 Å². The molecule has 2 amide bonds. The number of carbonyl (C=O) groups is 2. The van der Waals surface area contributed by atoms with E-state index in [-0.39, 0.29) is 23.1 Å². The predicted octanol–water partition coefficient (Wildman–Crippen LogP) is 4.72. The molecule has 2 N–H and O–H groups in total. The number of halogens is 1. The maximum atomic E-state index is 13.5. The van der Waals surface area contributed by atoms with Gasteiger partial charge in [-0.3, -0.25) is 13.9 Å². The van der Waals surface area contributed by atoms with Gasteiger partial charge in [0.2, 0.25) is 0 Å². The highest BCUT2D eigenvalue weighted by atomic mass is 35.5. The summed E-state index contributed by atoms with van der Waals surface area (Å²) in [5.74, 6) is 0.628. The molecule has 4 aromatic rings. The summed E-state index contributed by atoms with van der Waals surface area (Å²) in [6, 6.07) is 25.5. The number of amides is 2. The molecular formula is C31H29ClN4O7S. The average Bonchev–Trinajstić information content (AvgIpc) is 3.04. The fourth-order valence-corrected chi connectivity index (χ4v) is 5.36. The van der Waals surface area contributed by atoms with Gasteiger partial charge in [-0.15, -0.1) is 0 Å². The maximum Gasteiger partial charge on any atom is 0.264 e. The lowest BCUT2D eigenvalue weighted by Crippen LogP contribution is -2.39. The van der Waals surface area contributed by atoms with Crippen molar-refractivity contribution in [1.29, 1.82) is 0 Å². The Morgan fingerprint density at radius 2 is 1.36 bits per heavy atom. The molecule has 44 heavy (non-hydrogen) atoms. The Hall–Kier alpha value is -5.07. The molecule has 228 valence electrons. The minimum Gasteiger partial charge on any atom is -0.497 e. The van der Waals surface area contributed by atoms with Crippen LogP contribution in [0.3, 0.4) is 0 Å². The molecule has 0 spiro atoms. The molecule has 0 aliphatic carbocycles. The number of hydrogen-bond donors (Lipinski definition) is 2. The van der Waals surface area contributed by atoms with Gasteiger partial charge in [0, 0.05) is 10.7 Å². The Labute approximate surface area is 260 Å². The quantitative estimate of drug-likeness (QED) is 0.160. The van der Waals surface area contributed by atoms with Crippen molar-refractivity contribution in [2.45, 2.75) is 4.90 Å². The Morgan fingerprint density at radius 1 is 0.795 bits per heavy atom. The fraction of sp³-hybridized carbons (Fsp3) is 0.129. The molecule has 0 saturated heterocycles. The van der Waals surface area contributed by atoms with E-state index < -0.39 is 22.5 Å². The van der Waals surface area contributed by atoms with E-state index in [1.807, 2.05) is 0 Å². The number of nitrogens with one attached hydrogen (secondary N) is 2. The van der Waals surface area contributed by atoms with Crippen molar-refractivity contribution in [1.82, 2.24) is 5.43 Å². The molecular weight excluding hydrogens is 608 g/mol. The van der Waals surface area contributed by atoms with Crippen LogP contribution in [0.15, 0.2) is 107 Å². The number of benzene rings is 4. The summed E-state index contributed by atoms with van der Waals surface area (Å²) in [5.41, 5.74) is 3.84. The molecule has 0 unspecified atom stereocenters. The highest BCUT2D eigenvalue weighted by Gasteiger charge is 2.27. The minimum atomic E-state index is -4.13. The third-order valence-electron chi connectivity index (χ3n) is 6.08. The summed E-state index contributed by atoms with van der Waals surface area (Å²) in [6.07, 6.45) is 1.39. The van der Waals surface area contributed by atoms with E-state index in [1.165, 1.54) is 61.9 Å². The Morgan fingerprint density at radius 3 is 1.95 bits per heavy atom. The Kier molecular flexibility index (Phi) is 10.8. The third-order valence-corrected chi connectivity index (χ3v) is 8.12. The number of ether oxygens (including phenoxy) is 3. The van der Waals surface area contributed by atoms with Crippen molar-refractivity contribution in [3.05, 3.63) is 108 Å². The van der Waals surface area contributed by atoms with Crippen LogP contribution in [-0.4, -0.2) is 53.8 Å². The third kappa shape index (κ3) is 8.72. The molecule has 4 rings (SSSR count). The fourth-order valence-electron chi connectivity index (χ4n) is 3.81. The highest BCUT2D eigenvalue weighted by Crippen LogP contribution is 2.26. The van der Waals surface area contributed by atoms with Crippen LogP contribution >= 0.6 is 11.6 Å². The number of sulfonamides is 1. The minimum absolute atomic E-state index is 0.0231. The SMILES string of the molecule is COc1ccc(NC(=O)COc2ccc(/C=N/NC(=O)CN(c3ccc(Cl)cc3)S(=O)(=O)c3ccc(OC)cc3)cc2)cc1. The van der Waals surface area contributed by atoms with Crippen LogP contribution in [0.4, 0.5) is 11.4 Å². The molecule has 11 nitrogen and oxygen atoms in total. The monoisotopic (exact) mass is 636 g/mol. The lowest BCUT2D eigenvalue weighted by molar-refractivity contribution is -0.119. The number of hydrazone groups is 1. The van der Waals surface area contributed by atoms with Crippen LogP contribution in [0.1, 0.15) is 5.56 Å². The molecule has 0 bridgehead atoms. The van der Waals surface area contributed by atoms with E-state index in [9.17, 15) is 18.0 Å². The van der Waals surface area contributed by atoms with Gasteiger partial charge in [0.15, 0.2) is 6.61 Å². The van der Waals surface area contributed by atoms with Gasteiger partial charge < -0.3 is 19.5 Å². The molecule has 0 aromatic heterocycles. The zero-order chi connectivity index (χ0) is 31.5. The van der Waals surface area contributed by atoms with Crippen molar-refractivity contribution in [3.63, 3.8) is 0 Å². The smallest absolute Gasteiger partial charge is 0.264 e. The summed E-state index contributed by atoms with van der Waals surface area (Å²) in [6.45, 7) is -0.738. The van der Waals surface area contributed by atoms with E-state index in [2.05, 4.69) is 15.8 Å². The second-order valence-electron chi connectivity index (χ2n) is 9.09. The van der Waals surface area contributed by atoms with Crippen molar-refractivity contribution in [3.8, 4) is 17.2 Å². The average molecular weight is 637 g/mol. The predicted molar refractivity (Wildman–Crippen MR) is 168 cm³/mol. The van der Waals surface area contributed by atoms with Gasteiger partial charge in [-0.1, -0.05) is 11.6 Å². The number of carbonyl (C=O) groups excluding carboxylic acids is 2. The van der Waals surface area contributed by atoms with Gasteiger partial charge in [-0.2, -0.15) is 5.10 Å². The van der Waals surface area contributed by atoms with Gasteiger partial charge in [-0.05, 0) is 103 Å². The first kappa shape index (κ1) is 31.9. The van der Waals surface area contributed by atoms with Crippen LogP contribution in [0, 0.1) is 0 Å². The topological polar surface area (TPSA) is 136 Å². The maximum absolute atomic E-state index is 13.5. The molecule has 0 fully saturated rings. The number of hydrogen-bond acceptors (Lipinski definition) is 8. The highest BCUT2D eigenvalue weighted by molar-refractivity contribution is 7.92. The van der Waals surface area contributed by atoms with E-state index in [1.54, 1.807) is 55.6 Å². The first-order valence-corrected chi connectivity index (χ1v) is 14.9. The standard InChI is InChI=1S/C31H29ClN4O7S/c1-41-26-13-7-24(8-14-26)34-31(38)21-43-28-11-3-22(4-12-28)19-33-35-30(37)20-36(25-9-5-23(32)6-10-25)44(39,40)29-17-15-27(42-2)16-18-29/h3-19H,20-21H2,1-2H3,(H,34,38)(H,35,37)/b33-19+. The van der Waals surface area contributed by atoms with Crippen LogP contribution in [0.5, 0.6) is 17.2 Å². The summed E-state index contributed by atoms with van der Waals surface area (Å²) >= 11 is 5.98. The molecule has 0 aliphatic rings. The molecule has 0 saturated carbocycles.